The van der Waals surface area contributed by atoms with Gasteiger partial charge in [-0.15, -0.1) is 0 Å². The smallest absolute Gasteiger partial charge is 0.239 e. The van der Waals surface area contributed by atoms with E-state index in [1.54, 1.807) is 18.2 Å². The molecular weight excluding hydrogens is 300 g/mol. The van der Waals surface area contributed by atoms with Crippen molar-refractivity contribution in [1.82, 2.24) is 5.32 Å². The average Bonchev–Trinajstić information content (AvgIpc) is 2.96. The number of carbonyl (C=O) groups excluding carboxylic acids is 2. The zero-order valence-electron chi connectivity index (χ0n) is 10.2. The van der Waals surface area contributed by atoms with Crippen molar-refractivity contribution in [1.29, 1.82) is 0 Å². The van der Waals surface area contributed by atoms with Gasteiger partial charge in [-0.25, -0.2) is 0 Å². The largest absolute Gasteiger partial charge is 0.454 e. The molecule has 1 saturated heterocycles. The first-order valence-corrected chi connectivity index (χ1v) is 7.11. The molecule has 0 bridgehead atoms. The Balaban J connectivity index is 1.62. The van der Waals surface area contributed by atoms with E-state index in [1.165, 1.54) is 11.8 Å². The number of thiocarbonyl (C=S) groups is 1. The quantitative estimate of drug-likeness (QED) is 0.819. The summed E-state index contributed by atoms with van der Waals surface area (Å²) >= 11 is 6.08. The summed E-state index contributed by atoms with van der Waals surface area (Å²) < 4.78 is 10.8. The predicted molar refractivity (Wildman–Crippen MR) is 77.9 cm³/mol. The SMILES string of the molecule is O=C(C[C@H]1SC(=S)NC1=O)Nc1ccc2c(c1)OCO2. The molecule has 0 unspecified atom stereocenters. The molecule has 0 spiro atoms. The Morgan fingerprint density at radius 1 is 1.45 bits per heavy atom. The number of hydrogen-bond acceptors (Lipinski definition) is 6. The third-order valence-electron chi connectivity index (χ3n) is 2.79. The summed E-state index contributed by atoms with van der Waals surface area (Å²) in [6.45, 7) is 0.184. The first kappa shape index (κ1) is 13.2. The van der Waals surface area contributed by atoms with E-state index in [1.807, 2.05) is 0 Å². The van der Waals surface area contributed by atoms with Crippen molar-refractivity contribution in [3.63, 3.8) is 0 Å². The Hall–Kier alpha value is -1.80. The summed E-state index contributed by atoms with van der Waals surface area (Å²) in [5.41, 5.74) is 0.602. The van der Waals surface area contributed by atoms with Crippen LogP contribution in [0.5, 0.6) is 11.5 Å². The van der Waals surface area contributed by atoms with Crippen molar-refractivity contribution in [3.05, 3.63) is 18.2 Å². The van der Waals surface area contributed by atoms with Gasteiger partial charge in [-0.05, 0) is 12.1 Å². The van der Waals surface area contributed by atoms with Crippen molar-refractivity contribution >= 4 is 45.8 Å². The molecule has 2 N–H and O–H groups in total. The number of ether oxygens (including phenoxy) is 2. The minimum Gasteiger partial charge on any atom is -0.454 e. The second-order valence-corrected chi connectivity index (χ2v) is 6.08. The number of anilines is 1. The highest BCUT2D eigenvalue weighted by molar-refractivity contribution is 8.24. The van der Waals surface area contributed by atoms with Gasteiger partial charge in [0.15, 0.2) is 11.5 Å². The second-order valence-electron chi connectivity index (χ2n) is 4.20. The maximum atomic E-state index is 11.9. The number of carbonyl (C=O) groups is 2. The van der Waals surface area contributed by atoms with Gasteiger partial charge in [0.05, 0.1) is 5.25 Å². The number of amides is 2. The average molecular weight is 310 g/mol. The summed E-state index contributed by atoms with van der Waals surface area (Å²) in [6.07, 6.45) is 0.0745. The molecule has 3 rings (SSSR count). The second kappa shape index (κ2) is 5.29. The molecule has 0 aliphatic carbocycles. The number of benzene rings is 1. The molecule has 8 heteroatoms. The van der Waals surface area contributed by atoms with Gasteiger partial charge in [-0.3, -0.25) is 9.59 Å². The van der Waals surface area contributed by atoms with Crippen LogP contribution < -0.4 is 20.1 Å². The van der Waals surface area contributed by atoms with Crippen molar-refractivity contribution in [2.75, 3.05) is 12.1 Å². The van der Waals surface area contributed by atoms with Gasteiger partial charge in [-0.2, -0.15) is 0 Å². The van der Waals surface area contributed by atoms with Crippen LogP contribution in [0.25, 0.3) is 0 Å². The van der Waals surface area contributed by atoms with Gasteiger partial charge in [0.1, 0.15) is 4.32 Å². The van der Waals surface area contributed by atoms with Gasteiger partial charge in [-0.1, -0.05) is 24.0 Å². The van der Waals surface area contributed by atoms with E-state index in [4.69, 9.17) is 21.7 Å². The van der Waals surface area contributed by atoms with Crippen molar-refractivity contribution in [2.24, 2.45) is 0 Å². The lowest BCUT2D eigenvalue weighted by atomic mass is 10.2. The Bertz CT molecular complexity index is 605. The van der Waals surface area contributed by atoms with E-state index in [0.717, 1.165) is 0 Å². The molecule has 2 aliphatic heterocycles. The number of hydrogen-bond donors (Lipinski definition) is 2. The molecule has 1 fully saturated rings. The third kappa shape index (κ3) is 2.70. The summed E-state index contributed by atoms with van der Waals surface area (Å²) in [4.78, 5) is 23.4. The summed E-state index contributed by atoms with van der Waals surface area (Å²) in [7, 11) is 0. The molecule has 2 amide bonds. The van der Waals surface area contributed by atoms with Gasteiger partial charge < -0.3 is 20.1 Å². The van der Waals surface area contributed by atoms with Crippen LogP contribution in [0.2, 0.25) is 0 Å². The Labute approximate surface area is 124 Å². The highest BCUT2D eigenvalue weighted by Crippen LogP contribution is 2.34. The highest BCUT2D eigenvalue weighted by atomic mass is 32.2. The number of rotatable bonds is 3. The van der Waals surface area contributed by atoms with E-state index in [-0.39, 0.29) is 25.0 Å². The normalized spacial score (nSPS) is 19.9. The Morgan fingerprint density at radius 2 is 2.25 bits per heavy atom. The van der Waals surface area contributed by atoms with Crippen LogP contribution in [0.1, 0.15) is 6.42 Å². The standard InChI is InChI=1S/C12H10N2O4S2/c15-10(4-9-11(16)14-12(19)20-9)13-6-1-2-7-8(3-6)18-5-17-7/h1-3,9H,4-5H2,(H,13,15)(H,14,16,19)/t9-/m1/s1. The van der Waals surface area contributed by atoms with Gasteiger partial charge in [0.2, 0.25) is 18.6 Å². The lowest BCUT2D eigenvalue weighted by Gasteiger charge is -2.08. The fraction of sp³-hybridized carbons (Fsp3) is 0.250. The Morgan fingerprint density at radius 3 is 3.00 bits per heavy atom. The van der Waals surface area contributed by atoms with Crippen LogP contribution in [0.4, 0.5) is 5.69 Å². The van der Waals surface area contributed by atoms with Crippen LogP contribution in [0, 0.1) is 0 Å². The van der Waals surface area contributed by atoms with Crippen molar-refractivity contribution in [2.45, 2.75) is 11.7 Å². The van der Waals surface area contributed by atoms with Crippen molar-refractivity contribution < 1.29 is 19.1 Å². The van der Waals surface area contributed by atoms with Crippen LogP contribution >= 0.6 is 24.0 Å². The number of nitrogens with one attached hydrogen (secondary N) is 2. The molecule has 1 aromatic rings. The maximum absolute atomic E-state index is 11.9. The van der Waals surface area contributed by atoms with Crippen LogP contribution in [0.3, 0.4) is 0 Å². The van der Waals surface area contributed by atoms with Gasteiger partial charge in [0.25, 0.3) is 0 Å². The van der Waals surface area contributed by atoms with E-state index in [2.05, 4.69) is 10.6 Å². The van der Waals surface area contributed by atoms with Crippen LogP contribution in [-0.4, -0.2) is 28.2 Å². The van der Waals surface area contributed by atoms with Crippen LogP contribution in [0.15, 0.2) is 18.2 Å². The predicted octanol–water partition coefficient (Wildman–Crippen LogP) is 1.26. The minimum atomic E-state index is -0.462. The first-order valence-electron chi connectivity index (χ1n) is 5.83. The lowest BCUT2D eigenvalue weighted by Crippen LogP contribution is -2.27. The molecule has 2 aliphatic rings. The number of thioether (sulfide) groups is 1. The van der Waals surface area contributed by atoms with E-state index < -0.39 is 5.25 Å². The topological polar surface area (TPSA) is 76.7 Å². The zero-order valence-corrected chi connectivity index (χ0v) is 11.8. The third-order valence-corrected chi connectivity index (χ3v) is 4.17. The molecule has 1 atom stereocenters. The molecule has 104 valence electrons. The fourth-order valence-electron chi connectivity index (χ4n) is 1.88. The minimum absolute atomic E-state index is 0.0745. The monoisotopic (exact) mass is 310 g/mol. The molecular formula is C12H10N2O4S2. The Kier molecular flexibility index (Phi) is 3.49. The highest BCUT2D eigenvalue weighted by Gasteiger charge is 2.31. The molecule has 0 radical (unpaired) electrons. The first-order chi connectivity index (χ1) is 9.61. The fourth-order valence-corrected chi connectivity index (χ4v) is 3.15. The van der Waals surface area contributed by atoms with E-state index >= 15 is 0 Å². The summed E-state index contributed by atoms with van der Waals surface area (Å²) in [6, 6.07) is 5.13. The molecule has 20 heavy (non-hydrogen) atoms. The van der Waals surface area contributed by atoms with E-state index in [0.29, 0.717) is 21.5 Å². The molecule has 0 saturated carbocycles. The van der Waals surface area contributed by atoms with Crippen molar-refractivity contribution in [3.8, 4) is 11.5 Å². The zero-order chi connectivity index (χ0) is 14.1. The molecule has 6 nitrogen and oxygen atoms in total. The summed E-state index contributed by atoms with van der Waals surface area (Å²) in [5, 5.41) is 4.77. The molecule has 2 heterocycles. The summed E-state index contributed by atoms with van der Waals surface area (Å²) in [5.74, 6) is 0.776. The number of fused-ring (bicyclic) bond motifs is 1. The van der Waals surface area contributed by atoms with E-state index in [9.17, 15) is 9.59 Å². The van der Waals surface area contributed by atoms with Gasteiger partial charge in [0, 0.05) is 18.2 Å². The molecule has 1 aromatic carbocycles. The lowest BCUT2D eigenvalue weighted by molar-refractivity contribution is -0.122. The molecule has 0 aromatic heterocycles. The maximum Gasteiger partial charge on any atom is 0.239 e. The van der Waals surface area contributed by atoms with Crippen LogP contribution in [-0.2, 0) is 9.59 Å². The van der Waals surface area contributed by atoms with Gasteiger partial charge >= 0.3 is 0 Å².